The van der Waals surface area contributed by atoms with Crippen LogP contribution >= 0.6 is 15.6 Å². The van der Waals surface area contributed by atoms with Crippen LogP contribution in [0.4, 0.5) is 0 Å². The van der Waals surface area contributed by atoms with Crippen LogP contribution in [-0.2, 0) is 65.4 Å². The van der Waals surface area contributed by atoms with Crippen molar-refractivity contribution in [2.75, 3.05) is 39.6 Å². The zero-order valence-electron chi connectivity index (χ0n) is 66.6. The monoisotopic (exact) mass is 1530 g/mol. The van der Waals surface area contributed by atoms with Crippen LogP contribution in [0.25, 0.3) is 0 Å². The Morgan fingerprint density at radius 2 is 0.500 bits per heavy atom. The second kappa shape index (κ2) is 78.3. The van der Waals surface area contributed by atoms with Crippen molar-refractivity contribution in [3.63, 3.8) is 0 Å². The van der Waals surface area contributed by atoms with Crippen LogP contribution in [0.15, 0.2) is 134 Å². The van der Waals surface area contributed by atoms with Crippen molar-refractivity contribution in [2.45, 2.75) is 354 Å². The number of aliphatic hydroxyl groups is 1. The predicted octanol–water partition coefficient (Wildman–Crippen LogP) is 24.4. The lowest BCUT2D eigenvalue weighted by Crippen LogP contribution is -2.30. The molecule has 0 aliphatic carbocycles. The summed E-state index contributed by atoms with van der Waals surface area (Å²) in [4.78, 5) is 73.1. The van der Waals surface area contributed by atoms with Crippen molar-refractivity contribution in [1.82, 2.24) is 0 Å². The van der Waals surface area contributed by atoms with Crippen LogP contribution in [0.3, 0.4) is 0 Å². The van der Waals surface area contributed by atoms with E-state index in [1.54, 1.807) is 0 Å². The van der Waals surface area contributed by atoms with E-state index in [0.717, 1.165) is 167 Å². The SMILES string of the molecule is CC/C=C\C/C=C\C/C=C\C/C=C\C/C=C\CCCC(=O)OCC(COP(=O)(O)OCC(O)COP(=O)(O)OCC(COC(=O)CCCCCCCC/C=C\C/C=C\C/C=C\CCCCC)OC(=O)CCCCCCC/C=C\C/C=C\C/C=C\CC)OC(=O)CCCCCCCCCCCCCCCCC. The van der Waals surface area contributed by atoms with E-state index in [2.05, 4.69) is 149 Å². The Hall–Kier alpha value is -4.80. The van der Waals surface area contributed by atoms with Gasteiger partial charge >= 0.3 is 39.5 Å². The summed E-state index contributed by atoms with van der Waals surface area (Å²) in [6.45, 7) is 4.56. The molecule has 608 valence electrons. The van der Waals surface area contributed by atoms with Gasteiger partial charge in [0.15, 0.2) is 12.2 Å². The van der Waals surface area contributed by atoms with E-state index >= 15 is 0 Å². The molecule has 0 fully saturated rings. The van der Waals surface area contributed by atoms with Gasteiger partial charge in [-0.3, -0.25) is 37.3 Å². The Balaban J connectivity index is 5.42. The lowest BCUT2D eigenvalue weighted by atomic mass is 10.0. The van der Waals surface area contributed by atoms with E-state index in [1.807, 2.05) is 12.2 Å². The minimum absolute atomic E-state index is 0.0688. The van der Waals surface area contributed by atoms with Crippen molar-refractivity contribution < 1.29 is 80.2 Å². The normalized spacial score (nSPS) is 14.5. The van der Waals surface area contributed by atoms with Crippen molar-refractivity contribution in [3.8, 4) is 0 Å². The zero-order chi connectivity index (χ0) is 77.4. The maximum absolute atomic E-state index is 13.1. The molecule has 0 aromatic rings. The van der Waals surface area contributed by atoms with E-state index in [9.17, 15) is 43.2 Å². The number of rotatable bonds is 77. The van der Waals surface area contributed by atoms with E-state index in [0.29, 0.717) is 32.1 Å². The van der Waals surface area contributed by atoms with Crippen LogP contribution < -0.4 is 0 Å². The van der Waals surface area contributed by atoms with Gasteiger partial charge in [-0.05, 0) is 135 Å². The average molecular weight is 1530 g/mol. The topological polar surface area (TPSA) is 237 Å². The number of hydrogen-bond donors (Lipinski definition) is 3. The first-order chi connectivity index (χ1) is 51.7. The number of esters is 4. The molecule has 0 saturated carbocycles. The largest absolute Gasteiger partial charge is 0.472 e. The number of unbranched alkanes of at least 4 members (excludes halogenated alkanes) is 29. The first-order valence-electron chi connectivity index (χ1n) is 41.4. The molecule has 0 amide bonds. The van der Waals surface area contributed by atoms with Gasteiger partial charge in [0.05, 0.1) is 26.4 Å². The number of carbonyl (C=O) groups excluding carboxylic acids is 4. The van der Waals surface area contributed by atoms with Gasteiger partial charge in [0.2, 0.25) is 0 Å². The summed E-state index contributed by atoms with van der Waals surface area (Å²) in [6, 6.07) is 0. The van der Waals surface area contributed by atoms with Gasteiger partial charge < -0.3 is 33.8 Å². The minimum atomic E-state index is -4.99. The van der Waals surface area contributed by atoms with Crippen LogP contribution in [0.1, 0.15) is 336 Å². The molecule has 0 saturated heterocycles. The second-order valence-electron chi connectivity index (χ2n) is 27.3. The molecule has 5 atom stereocenters. The molecule has 0 aliphatic heterocycles. The fraction of sp³-hybridized carbons (Fsp3) is 0.701. The minimum Gasteiger partial charge on any atom is -0.462 e. The molecule has 0 heterocycles. The molecule has 106 heavy (non-hydrogen) atoms. The molecular weight excluding hydrogens is 1380 g/mol. The quantitative estimate of drug-likeness (QED) is 0.0169. The summed E-state index contributed by atoms with van der Waals surface area (Å²) >= 11 is 0. The number of hydrogen-bond acceptors (Lipinski definition) is 15. The van der Waals surface area contributed by atoms with Gasteiger partial charge in [-0.2, -0.15) is 0 Å². The van der Waals surface area contributed by atoms with E-state index in [4.69, 9.17) is 37.0 Å². The first kappa shape index (κ1) is 101. The summed E-state index contributed by atoms with van der Waals surface area (Å²) in [5.41, 5.74) is 0. The number of aliphatic hydroxyl groups excluding tert-OH is 1. The van der Waals surface area contributed by atoms with Gasteiger partial charge in [-0.1, -0.05) is 309 Å². The van der Waals surface area contributed by atoms with Crippen LogP contribution in [0.5, 0.6) is 0 Å². The maximum Gasteiger partial charge on any atom is 0.472 e. The first-order valence-corrected chi connectivity index (χ1v) is 44.4. The highest BCUT2D eigenvalue weighted by molar-refractivity contribution is 7.47. The lowest BCUT2D eigenvalue weighted by molar-refractivity contribution is -0.161. The highest BCUT2D eigenvalue weighted by Gasteiger charge is 2.30. The lowest BCUT2D eigenvalue weighted by Gasteiger charge is -2.21. The van der Waals surface area contributed by atoms with Gasteiger partial charge in [0.1, 0.15) is 19.3 Å². The highest BCUT2D eigenvalue weighted by atomic mass is 31.2. The van der Waals surface area contributed by atoms with E-state index < -0.39 is 97.5 Å². The van der Waals surface area contributed by atoms with Gasteiger partial charge in [-0.15, -0.1) is 0 Å². The molecule has 0 aromatic heterocycles. The van der Waals surface area contributed by atoms with Gasteiger partial charge in [0.25, 0.3) is 0 Å². The molecular formula is C87H148O17P2. The third-order valence-corrected chi connectivity index (χ3v) is 19.0. The average Bonchev–Trinajstić information content (AvgIpc) is 0.928. The third-order valence-electron chi connectivity index (χ3n) is 17.1. The van der Waals surface area contributed by atoms with Crippen molar-refractivity contribution in [3.05, 3.63) is 134 Å². The number of ether oxygens (including phenoxy) is 4. The van der Waals surface area contributed by atoms with Crippen LogP contribution in [0.2, 0.25) is 0 Å². The molecule has 0 radical (unpaired) electrons. The van der Waals surface area contributed by atoms with Crippen molar-refractivity contribution in [1.29, 1.82) is 0 Å². The van der Waals surface area contributed by atoms with Crippen molar-refractivity contribution >= 4 is 39.5 Å². The van der Waals surface area contributed by atoms with Crippen LogP contribution in [0, 0.1) is 0 Å². The Kier molecular flexibility index (Phi) is 74.8. The van der Waals surface area contributed by atoms with E-state index in [-0.39, 0.29) is 25.7 Å². The Morgan fingerprint density at radius 3 is 0.811 bits per heavy atom. The zero-order valence-corrected chi connectivity index (χ0v) is 68.4. The molecule has 0 spiro atoms. The van der Waals surface area contributed by atoms with Gasteiger partial charge in [0, 0.05) is 25.7 Å². The fourth-order valence-corrected chi connectivity index (χ4v) is 12.4. The summed E-state index contributed by atoms with van der Waals surface area (Å²) in [7, 11) is -9.99. The number of phosphoric ester groups is 2. The molecule has 0 aromatic carbocycles. The standard InChI is InChI=1S/C87H148O17P2/c1-5-9-13-17-21-25-29-33-37-39-40-42-46-48-52-56-60-64-68-72-85(90)98-78-83(104-87(92)74-70-66-62-58-54-50-44-36-32-28-24-20-16-12-8-4)80-102-106(95,96)100-76-81(88)75-99-105(93,94)101-79-82(103-86(91)73-69-65-61-57-53-49-43-35-31-27-23-19-15-11-7-3)77-97-84(89)71-67-63-59-55-51-47-45-41-38-34-30-26-22-18-14-10-6-2/h10,12,14,16,21-22,24-26,28,33-34,36-38,40,42,44-45,47,55,59,81-83,88H,5-9,11,13,15,17-20,23,27,29-32,35,39,41,43,46,48-54,56-58,60-80H2,1-4H3,(H,93,94)(H,95,96)/b14-10-,16-12-,25-21-,26-22-,28-24-,37-33-,38-34-,42-40-,44-36-,47-45-,59-55-. The van der Waals surface area contributed by atoms with Gasteiger partial charge in [-0.25, -0.2) is 9.13 Å². The summed E-state index contributed by atoms with van der Waals surface area (Å²) in [5, 5.41) is 10.7. The predicted molar refractivity (Wildman–Crippen MR) is 436 cm³/mol. The van der Waals surface area contributed by atoms with E-state index in [1.165, 1.54) is 83.5 Å². The number of phosphoric acid groups is 2. The number of carbonyl (C=O) groups is 4. The fourth-order valence-electron chi connectivity index (χ4n) is 10.9. The molecule has 0 bridgehead atoms. The van der Waals surface area contributed by atoms with Crippen molar-refractivity contribution in [2.24, 2.45) is 0 Å². The molecule has 3 N–H and O–H groups in total. The summed E-state index contributed by atoms with van der Waals surface area (Å²) in [5.74, 6) is -2.27. The molecule has 0 aliphatic rings. The third kappa shape index (κ3) is 77.4. The molecule has 0 rings (SSSR count). The second-order valence-corrected chi connectivity index (χ2v) is 30.2. The Morgan fingerprint density at radius 1 is 0.274 bits per heavy atom. The molecule has 5 unspecified atom stereocenters. The number of allylic oxidation sites excluding steroid dienone is 22. The van der Waals surface area contributed by atoms with Crippen LogP contribution in [-0.4, -0.2) is 96.7 Å². The Labute approximate surface area is 644 Å². The molecule has 17 nitrogen and oxygen atoms in total. The summed E-state index contributed by atoms with van der Waals surface area (Å²) < 4.78 is 68.7. The smallest absolute Gasteiger partial charge is 0.462 e. The maximum atomic E-state index is 13.1. The Bertz CT molecular complexity index is 2530. The highest BCUT2D eigenvalue weighted by Crippen LogP contribution is 2.45. The molecule has 19 heteroatoms. The summed E-state index contributed by atoms with van der Waals surface area (Å²) in [6.07, 6.45) is 88.5.